The zero-order valence-electron chi connectivity index (χ0n) is 10.1. The number of H-pyrrole nitrogens is 1. The number of nitrogens with one attached hydrogen (secondary N) is 1. The summed E-state index contributed by atoms with van der Waals surface area (Å²) in [5.41, 5.74) is 4.02. The number of rotatable bonds is 2. The van der Waals surface area contributed by atoms with Crippen molar-refractivity contribution in [1.82, 2.24) is 15.0 Å². The summed E-state index contributed by atoms with van der Waals surface area (Å²) < 4.78 is 0. The number of pyridine rings is 2. The third kappa shape index (κ3) is 1.61. The molecule has 3 nitrogen and oxygen atoms in total. The van der Waals surface area contributed by atoms with Crippen LogP contribution in [0.3, 0.4) is 0 Å². The quantitative estimate of drug-likeness (QED) is 0.688. The van der Waals surface area contributed by atoms with Crippen LogP contribution in [0, 0.1) is 0 Å². The van der Waals surface area contributed by atoms with Gasteiger partial charge in [-0.2, -0.15) is 0 Å². The van der Waals surface area contributed by atoms with Crippen molar-refractivity contribution in [3.8, 4) is 0 Å². The van der Waals surface area contributed by atoms with E-state index >= 15 is 0 Å². The SMILES string of the molecule is C=C/C=C(\C)c1ccc2c(n1)[nH]c1ccncc12. The van der Waals surface area contributed by atoms with Crippen molar-refractivity contribution in [2.75, 3.05) is 0 Å². The van der Waals surface area contributed by atoms with E-state index in [2.05, 4.69) is 27.6 Å². The zero-order chi connectivity index (χ0) is 12.5. The number of nitrogens with zero attached hydrogens (tertiary/aromatic N) is 2. The van der Waals surface area contributed by atoms with Gasteiger partial charge in [0.2, 0.25) is 0 Å². The fourth-order valence-corrected chi connectivity index (χ4v) is 2.10. The van der Waals surface area contributed by atoms with Crippen molar-refractivity contribution < 1.29 is 0 Å². The molecule has 0 unspecified atom stereocenters. The van der Waals surface area contributed by atoms with Gasteiger partial charge in [-0.1, -0.05) is 18.7 Å². The summed E-state index contributed by atoms with van der Waals surface area (Å²) in [4.78, 5) is 12.1. The average molecular weight is 235 g/mol. The second-order valence-corrected chi connectivity index (χ2v) is 4.22. The van der Waals surface area contributed by atoms with Crippen LogP contribution in [0.2, 0.25) is 0 Å². The van der Waals surface area contributed by atoms with Crippen LogP contribution in [-0.2, 0) is 0 Å². The number of allylic oxidation sites excluding steroid dienone is 3. The first-order chi connectivity index (χ1) is 8.79. The number of aromatic nitrogens is 3. The van der Waals surface area contributed by atoms with E-state index in [1.165, 1.54) is 0 Å². The Morgan fingerprint density at radius 2 is 2.17 bits per heavy atom. The molecule has 0 saturated heterocycles. The number of hydrogen-bond acceptors (Lipinski definition) is 2. The van der Waals surface area contributed by atoms with E-state index < -0.39 is 0 Å². The normalized spacial score (nSPS) is 12.2. The summed E-state index contributed by atoms with van der Waals surface area (Å²) in [5, 5.41) is 2.21. The molecular weight excluding hydrogens is 222 g/mol. The molecule has 3 heteroatoms. The van der Waals surface area contributed by atoms with Crippen LogP contribution < -0.4 is 0 Å². The molecule has 88 valence electrons. The fraction of sp³-hybridized carbons (Fsp3) is 0.0667. The van der Waals surface area contributed by atoms with Gasteiger partial charge in [0.25, 0.3) is 0 Å². The minimum absolute atomic E-state index is 0.896. The van der Waals surface area contributed by atoms with Crippen molar-refractivity contribution in [2.24, 2.45) is 0 Å². The molecule has 3 rings (SSSR count). The summed E-state index contributed by atoms with van der Waals surface area (Å²) in [6, 6.07) is 6.07. The Morgan fingerprint density at radius 3 is 3.00 bits per heavy atom. The zero-order valence-corrected chi connectivity index (χ0v) is 10.1. The minimum Gasteiger partial charge on any atom is -0.339 e. The average Bonchev–Trinajstić information content (AvgIpc) is 2.76. The van der Waals surface area contributed by atoms with E-state index in [0.29, 0.717) is 0 Å². The Bertz CT molecular complexity index is 766. The highest BCUT2D eigenvalue weighted by Gasteiger charge is 2.06. The summed E-state index contributed by atoms with van der Waals surface area (Å²) >= 11 is 0. The predicted molar refractivity (Wildman–Crippen MR) is 75.2 cm³/mol. The second-order valence-electron chi connectivity index (χ2n) is 4.22. The van der Waals surface area contributed by atoms with Gasteiger partial charge in [-0.15, -0.1) is 0 Å². The van der Waals surface area contributed by atoms with Gasteiger partial charge in [0.05, 0.1) is 11.2 Å². The maximum Gasteiger partial charge on any atom is 0.139 e. The van der Waals surface area contributed by atoms with Crippen molar-refractivity contribution in [1.29, 1.82) is 0 Å². The molecule has 3 heterocycles. The van der Waals surface area contributed by atoms with Gasteiger partial charge >= 0.3 is 0 Å². The van der Waals surface area contributed by atoms with E-state index in [9.17, 15) is 0 Å². The third-order valence-corrected chi connectivity index (χ3v) is 3.03. The molecule has 0 aliphatic heterocycles. The molecule has 18 heavy (non-hydrogen) atoms. The van der Waals surface area contributed by atoms with Crippen LogP contribution in [0.25, 0.3) is 27.5 Å². The van der Waals surface area contributed by atoms with Crippen molar-refractivity contribution in [2.45, 2.75) is 6.92 Å². The number of fused-ring (bicyclic) bond motifs is 3. The lowest BCUT2D eigenvalue weighted by Gasteiger charge is -1.99. The monoisotopic (exact) mass is 235 g/mol. The van der Waals surface area contributed by atoms with E-state index in [0.717, 1.165) is 33.2 Å². The highest BCUT2D eigenvalue weighted by molar-refractivity contribution is 6.05. The molecule has 0 atom stereocenters. The molecular formula is C15H13N3. The van der Waals surface area contributed by atoms with Gasteiger partial charge < -0.3 is 4.98 Å². The molecule has 0 saturated carbocycles. The Labute approximate surface area is 105 Å². The van der Waals surface area contributed by atoms with Gasteiger partial charge in [0, 0.05) is 23.2 Å². The third-order valence-electron chi connectivity index (χ3n) is 3.03. The van der Waals surface area contributed by atoms with E-state index in [4.69, 9.17) is 0 Å². The van der Waals surface area contributed by atoms with Crippen LogP contribution in [-0.4, -0.2) is 15.0 Å². The Kier molecular flexibility index (Phi) is 2.45. The van der Waals surface area contributed by atoms with Crippen LogP contribution in [0.1, 0.15) is 12.6 Å². The second kappa shape index (κ2) is 4.11. The molecule has 0 bridgehead atoms. The van der Waals surface area contributed by atoms with Crippen LogP contribution in [0.4, 0.5) is 0 Å². The summed E-state index contributed by atoms with van der Waals surface area (Å²) in [5.74, 6) is 0. The Balaban J connectivity index is 2.27. The largest absolute Gasteiger partial charge is 0.339 e. The highest BCUT2D eigenvalue weighted by atomic mass is 14.9. The molecule has 0 aliphatic carbocycles. The summed E-state index contributed by atoms with van der Waals surface area (Å²) in [6.07, 6.45) is 7.37. The maximum atomic E-state index is 4.63. The predicted octanol–water partition coefficient (Wildman–Crippen LogP) is 3.70. The van der Waals surface area contributed by atoms with Gasteiger partial charge in [-0.3, -0.25) is 4.98 Å². The number of aromatic amines is 1. The molecule has 0 radical (unpaired) electrons. The summed E-state index contributed by atoms with van der Waals surface area (Å²) in [6.45, 7) is 5.73. The van der Waals surface area contributed by atoms with Gasteiger partial charge in [0.1, 0.15) is 5.65 Å². The minimum atomic E-state index is 0.896. The van der Waals surface area contributed by atoms with Crippen LogP contribution in [0.5, 0.6) is 0 Å². The van der Waals surface area contributed by atoms with E-state index in [1.807, 2.05) is 31.3 Å². The molecule has 0 aliphatic rings. The molecule has 3 aromatic heterocycles. The standard InChI is InChI=1S/C15H13N3/c1-3-4-10(2)13-6-5-11-12-9-16-8-7-14(12)18-15(11)17-13/h3-9H,1H2,2H3,(H,17,18)/b10-4+. The topological polar surface area (TPSA) is 41.6 Å². The van der Waals surface area contributed by atoms with Crippen LogP contribution in [0.15, 0.2) is 49.3 Å². The number of hydrogen-bond donors (Lipinski definition) is 1. The van der Waals surface area contributed by atoms with Gasteiger partial charge in [-0.05, 0) is 30.7 Å². The molecule has 1 N–H and O–H groups in total. The van der Waals surface area contributed by atoms with Crippen molar-refractivity contribution >= 4 is 27.5 Å². The first-order valence-corrected chi connectivity index (χ1v) is 5.82. The van der Waals surface area contributed by atoms with Crippen molar-refractivity contribution in [3.05, 3.63) is 55.0 Å². The van der Waals surface area contributed by atoms with Crippen molar-refractivity contribution in [3.63, 3.8) is 0 Å². The maximum absolute atomic E-state index is 4.63. The molecule has 0 fully saturated rings. The van der Waals surface area contributed by atoms with E-state index in [1.54, 1.807) is 12.3 Å². The highest BCUT2D eigenvalue weighted by Crippen LogP contribution is 2.24. The van der Waals surface area contributed by atoms with E-state index in [-0.39, 0.29) is 0 Å². The fourth-order valence-electron chi connectivity index (χ4n) is 2.10. The Morgan fingerprint density at radius 1 is 1.28 bits per heavy atom. The van der Waals surface area contributed by atoms with Gasteiger partial charge in [0.15, 0.2) is 0 Å². The molecule has 0 spiro atoms. The lowest BCUT2D eigenvalue weighted by Crippen LogP contribution is -1.86. The Hall–Kier alpha value is -2.42. The molecule has 0 amide bonds. The molecule has 0 aromatic carbocycles. The lowest BCUT2D eigenvalue weighted by atomic mass is 10.1. The van der Waals surface area contributed by atoms with Gasteiger partial charge in [-0.25, -0.2) is 4.98 Å². The first-order valence-electron chi connectivity index (χ1n) is 5.82. The smallest absolute Gasteiger partial charge is 0.139 e. The van der Waals surface area contributed by atoms with Crippen LogP contribution >= 0.6 is 0 Å². The summed E-state index contributed by atoms with van der Waals surface area (Å²) in [7, 11) is 0. The first kappa shape index (κ1) is 10.7. The molecule has 3 aromatic rings. The lowest BCUT2D eigenvalue weighted by molar-refractivity contribution is 1.29.